The van der Waals surface area contributed by atoms with E-state index < -0.39 is 17.5 Å². The van der Waals surface area contributed by atoms with Crippen LogP contribution in [0.15, 0.2) is 0 Å². The van der Waals surface area contributed by atoms with Crippen LogP contribution < -0.4 is 5.32 Å². The molecule has 2 heterocycles. The van der Waals surface area contributed by atoms with E-state index in [-0.39, 0.29) is 19.5 Å². The fourth-order valence-electron chi connectivity index (χ4n) is 3.31. The monoisotopic (exact) mass is 292 g/mol. The summed E-state index contributed by atoms with van der Waals surface area (Å²) >= 11 is 0. The largest absolute Gasteiger partial charge is 0.404 e. The minimum absolute atomic E-state index is 0.139. The summed E-state index contributed by atoms with van der Waals surface area (Å²) in [4.78, 5) is 13.8. The molecule has 1 amide bonds. The zero-order chi connectivity index (χ0) is 15.0. The van der Waals surface area contributed by atoms with Gasteiger partial charge in [-0.15, -0.1) is 0 Å². The summed E-state index contributed by atoms with van der Waals surface area (Å²) in [6.45, 7) is 5.15. The zero-order valence-electron chi connectivity index (χ0n) is 12.1. The molecule has 2 fully saturated rings. The molecule has 0 aliphatic carbocycles. The Bertz CT molecular complexity index is 354. The van der Waals surface area contributed by atoms with E-state index in [4.69, 9.17) is 0 Å². The van der Waals surface area contributed by atoms with Crippen molar-refractivity contribution in [3.63, 3.8) is 0 Å². The first-order valence-electron chi connectivity index (χ1n) is 7.35. The highest BCUT2D eigenvalue weighted by molar-refractivity contribution is 5.84. The van der Waals surface area contributed by atoms with Crippen molar-refractivity contribution in [3.8, 4) is 0 Å². The van der Waals surface area contributed by atoms with Gasteiger partial charge in [0, 0.05) is 19.6 Å². The Morgan fingerprint density at radius 1 is 1.30 bits per heavy atom. The number of halogens is 3. The molecule has 3 nitrogen and oxygen atoms in total. The predicted molar refractivity (Wildman–Crippen MR) is 70.1 cm³/mol. The molecule has 0 bridgehead atoms. The molecule has 1 N–H and O–H groups in total. The van der Waals surface area contributed by atoms with Gasteiger partial charge in [-0.05, 0) is 37.6 Å². The maximum absolute atomic E-state index is 13.3. The smallest absolute Gasteiger partial charge is 0.342 e. The third-order valence-electron chi connectivity index (χ3n) is 4.88. The number of carbonyl (C=O) groups is 1. The number of nitrogens with one attached hydrogen (secondary N) is 1. The van der Waals surface area contributed by atoms with E-state index >= 15 is 0 Å². The van der Waals surface area contributed by atoms with Gasteiger partial charge in [0.05, 0.1) is 0 Å². The lowest BCUT2D eigenvalue weighted by Crippen LogP contribution is -2.55. The molecule has 2 aliphatic heterocycles. The van der Waals surface area contributed by atoms with Crippen LogP contribution in [0, 0.1) is 17.3 Å². The van der Waals surface area contributed by atoms with Crippen molar-refractivity contribution in [1.29, 1.82) is 0 Å². The second kappa shape index (κ2) is 5.54. The third kappa shape index (κ3) is 2.67. The summed E-state index contributed by atoms with van der Waals surface area (Å²) in [6.07, 6.45) is -2.99. The van der Waals surface area contributed by atoms with Crippen molar-refractivity contribution in [2.75, 3.05) is 26.2 Å². The van der Waals surface area contributed by atoms with Gasteiger partial charge >= 0.3 is 6.18 Å². The third-order valence-corrected chi connectivity index (χ3v) is 4.88. The summed E-state index contributed by atoms with van der Waals surface area (Å²) in [5, 5.41) is 2.70. The Labute approximate surface area is 117 Å². The lowest BCUT2D eigenvalue weighted by molar-refractivity contribution is -0.222. The molecule has 0 aromatic heterocycles. The lowest BCUT2D eigenvalue weighted by Gasteiger charge is -2.39. The van der Waals surface area contributed by atoms with Gasteiger partial charge in [-0.2, -0.15) is 13.2 Å². The molecular formula is C14H23F3N2O. The highest BCUT2D eigenvalue weighted by Crippen LogP contribution is 2.45. The minimum atomic E-state index is -4.47. The number of alkyl halides is 3. The highest BCUT2D eigenvalue weighted by atomic mass is 19.4. The van der Waals surface area contributed by atoms with Crippen LogP contribution in [0.1, 0.15) is 33.1 Å². The molecule has 116 valence electrons. The van der Waals surface area contributed by atoms with Gasteiger partial charge in [0.1, 0.15) is 0 Å². The number of hydrogen-bond donors (Lipinski definition) is 1. The van der Waals surface area contributed by atoms with Crippen molar-refractivity contribution in [2.24, 2.45) is 17.3 Å². The number of hydrogen-bond acceptors (Lipinski definition) is 2. The van der Waals surface area contributed by atoms with Crippen LogP contribution in [-0.4, -0.2) is 43.2 Å². The number of likely N-dealkylation sites (tertiary alicyclic amines) is 1. The molecule has 6 heteroatoms. The molecule has 1 unspecified atom stereocenters. The van der Waals surface area contributed by atoms with Crippen molar-refractivity contribution in [3.05, 3.63) is 0 Å². The van der Waals surface area contributed by atoms with Crippen LogP contribution in [0.2, 0.25) is 0 Å². The second-order valence-corrected chi connectivity index (χ2v) is 6.38. The molecule has 2 saturated heterocycles. The second-order valence-electron chi connectivity index (χ2n) is 6.38. The van der Waals surface area contributed by atoms with E-state index in [9.17, 15) is 18.0 Å². The molecule has 0 aromatic carbocycles. The van der Waals surface area contributed by atoms with E-state index in [1.807, 2.05) is 0 Å². The van der Waals surface area contributed by atoms with E-state index in [0.717, 1.165) is 12.8 Å². The number of piperidine rings is 1. The molecular weight excluding hydrogens is 269 g/mol. The number of amides is 1. The van der Waals surface area contributed by atoms with Gasteiger partial charge in [-0.1, -0.05) is 13.8 Å². The summed E-state index contributed by atoms with van der Waals surface area (Å²) in [5.41, 5.74) is -2.20. The van der Waals surface area contributed by atoms with Gasteiger partial charge in [0.25, 0.3) is 0 Å². The number of rotatable bonds is 2. The minimum Gasteiger partial charge on any atom is -0.342 e. The quantitative estimate of drug-likeness (QED) is 0.848. The summed E-state index contributed by atoms with van der Waals surface area (Å²) in [7, 11) is 0. The average molecular weight is 292 g/mol. The molecule has 0 radical (unpaired) electrons. The first-order chi connectivity index (χ1) is 9.28. The Hall–Kier alpha value is -0.780. The summed E-state index contributed by atoms with van der Waals surface area (Å²) in [6, 6.07) is 0. The van der Waals surface area contributed by atoms with Crippen LogP contribution in [0.5, 0.6) is 0 Å². The Kier molecular flexibility index (Phi) is 4.33. The van der Waals surface area contributed by atoms with Crippen molar-refractivity contribution < 1.29 is 18.0 Å². The van der Waals surface area contributed by atoms with E-state index in [0.29, 0.717) is 24.9 Å². The van der Waals surface area contributed by atoms with Crippen molar-refractivity contribution in [1.82, 2.24) is 10.2 Å². The number of carbonyl (C=O) groups excluding carboxylic acids is 1. The maximum atomic E-state index is 13.3. The van der Waals surface area contributed by atoms with E-state index in [2.05, 4.69) is 19.2 Å². The van der Waals surface area contributed by atoms with E-state index in [1.54, 1.807) is 0 Å². The van der Waals surface area contributed by atoms with Gasteiger partial charge < -0.3 is 10.2 Å². The normalized spacial score (nSPS) is 29.2. The molecule has 0 aromatic rings. The molecule has 0 saturated carbocycles. The van der Waals surface area contributed by atoms with Crippen LogP contribution in [0.3, 0.4) is 0 Å². The van der Waals surface area contributed by atoms with Gasteiger partial charge in [0.2, 0.25) is 5.91 Å². The van der Waals surface area contributed by atoms with Crippen LogP contribution in [-0.2, 0) is 4.79 Å². The first-order valence-corrected chi connectivity index (χ1v) is 7.35. The molecule has 0 spiro atoms. The van der Waals surface area contributed by atoms with Gasteiger partial charge in [0.15, 0.2) is 5.41 Å². The summed E-state index contributed by atoms with van der Waals surface area (Å²) < 4.78 is 40.0. The first kappa shape index (κ1) is 15.6. The SMILES string of the molecule is CC(C)C1CCN(C(=O)C2(C(F)(F)F)CCNC2)CC1. The Morgan fingerprint density at radius 3 is 2.30 bits per heavy atom. The molecule has 20 heavy (non-hydrogen) atoms. The molecule has 2 rings (SSSR count). The van der Waals surface area contributed by atoms with Gasteiger partial charge in [-0.3, -0.25) is 4.79 Å². The average Bonchev–Trinajstić information content (AvgIpc) is 2.88. The van der Waals surface area contributed by atoms with E-state index in [1.165, 1.54) is 4.90 Å². The standard InChI is InChI=1S/C14H23F3N2O/c1-10(2)11-3-7-19(8-4-11)12(20)13(14(15,16)17)5-6-18-9-13/h10-11,18H,3-9H2,1-2H3. The molecule has 2 aliphatic rings. The lowest BCUT2D eigenvalue weighted by atomic mass is 9.82. The van der Waals surface area contributed by atoms with Crippen LogP contribution >= 0.6 is 0 Å². The fourth-order valence-corrected chi connectivity index (χ4v) is 3.31. The van der Waals surface area contributed by atoms with Crippen molar-refractivity contribution >= 4 is 5.91 Å². The topological polar surface area (TPSA) is 32.3 Å². The van der Waals surface area contributed by atoms with Gasteiger partial charge in [-0.25, -0.2) is 0 Å². The fraction of sp³-hybridized carbons (Fsp3) is 0.929. The Balaban J connectivity index is 2.07. The number of nitrogens with zero attached hydrogens (tertiary/aromatic N) is 1. The highest BCUT2D eigenvalue weighted by Gasteiger charge is 2.62. The Morgan fingerprint density at radius 2 is 1.90 bits per heavy atom. The van der Waals surface area contributed by atoms with Crippen molar-refractivity contribution in [2.45, 2.75) is 39.3 Å². The van der Waals surface area contributed by atoms with Crippen LogP contribution in [0.4, 0.5) is 13.2 Å². The van der Waals surface area contributed by atoms with Crippen LogP contribution in [0.25, 0.3) is 0 Å². The zero-order valence-corrected chi connectivity index (χ0v) is 12.1. The summed E-state index contributed by atoms with van der Waals surface area (Å²) in [5.74, 6) is 0.316. The predicted octanol–water partition coefficient (Wildman–Crippen LogP) is 2.42. The maximum Gasteiger partial charge on any atom is 0.404 e. The molecule has 1 atom stereocenters.